The van der Waals surface area contributed by atoms with Gasteiger partial charge in [0.15, 0.2) is 0 Å². The number of aliphatic hydroxyl groups is 1. The zero-order valence-electron chi connectivity index (χ0n) is 11.4. The van der Waals surface area contributed by atoms with Crippen LogP contribution >= 0.6 is 15.5 Å². The summed E-state index contributed by atoms with van der Waals surface area (Å²) >= 11 is 0. The summed E-state index contributed by atoms with van der Waals surface area (Å²) in [7, 11) is -9.00. The Bertz CT molecular complexity index is 281. The molecule has 2 atom stereocenters. The third-order valence-electron chi connectivity index (χ3n) is 1.93. The third-order valence-corrected chi connectivity index (χ3v) is 7.27. The van der Waals surface area contributed by atoms with E-state index in [0.717, 1.165) is 6.92 Å². The van der Waals surface area contributed by atoms with Gasteiger partial charge in [-0.05, 0) is 20.8 Å². The summed E-state index contributed by atoms with van der Waals surface area (Å²) < 4.78 is 25.7. The van der Waals surface area contributed by atoms with Gasteiger partial charge in [-0.2, -0.15) is 0 Å². The molecule has 0 amide bonds. The van der Waals surface area contributed by atoms with E-state index >= 15 is 0 Å². The van der Waals surface area contributed by atoms with Crippen molar-refractivity contribution in [2.24, 2.45) is 0 Å². The molecule has 0 radical (unpaired) electrons. The van der Waals surface area contributed by atoms with Gasteiger partial charge in [-0.3, -0.25) is 0 Å². The summed E-state index contributed by atoms with van der Waals surface area (Å²) in [5, 5.41) is 7.23. The first-order chi connectivity index (χ1) is 7.68. The van der Waals surface area contributed by atoms with E-state index in [2.05, 4.69) is 4.52 Å². The van der Waals surface area contributed by atoms with Gasteiger partial charge in [-0.15, -0.1) is 0 Å². The zero-order chi connectivity index (χ0) is 13.7. The maximum absolute atomic E-state index is 12.2. The Morgan fingerprint density at radius 1 is 1.22 bits per heavy atom. The number of rotatable bonds is 8. The predicted molar refractivity (Wildman–Crippen MR) is 60.0 cm³/mol. The summed E-state index contributed by atoms with van der Waals surface area (Å²) in [6, 6.07) is 0. The summed E-state index contributed by atoms with van der Waals surface area (Å²) in [6.07, 6.45) is 0. The quantitative estimate of drug-likeness (QED) is 0.385. The van der Waals surface area contributed by atoms with Crippen LogP contribution in [-0.2, 0) is 18.1 Å². The molecule has 0 bridgehead atoms. The van der Waals surface area contributed by atoms with Crippen molar-refractivity contribution in [3.8, 4) is 0 Å². The molecule has 0 aliphatic heterocycles. The normalized spacial score (nSPS) is 18.6. The van der Waals surface area contributed by atoms with Crippen molar-refractivity contribution in [3.63, 3.8) is 0 Å². The van der Waals surface area contributed by atoms with Gasteiger partial charge in [0, 0.05) is 6.92 Å². The molecule has 0 heterocycles. The zero-order valence-corrected chi connectivity index (χ0v) is 16.3. The average Bonchev–Trinajstić information content (AvgIpc) is 2.17. The molecule has 0 aliphatic rings. The van der Waals surface area contributed by atoms with Gasteiger partial charge in [-0.25, -0.2) is 9.05 Å². The van der Waals surface area contributed by atoms with Crippen LogP contribution < -0.4 is 61.2 Å². The van der Waals surface area contributed by atoms with Crippen LogP contribution in [0.5, 0.6) is 0 Å². The number of hydrogen-bond donors (Lipinski definition) is 1. The van der Waals surface area contributed by atoms with Gasteiger partial charge in [0.05, 0.1) is 19.8 Å². The average molecular weight is 328 g/mol. The van der Waals surface area contributed by atoms with Crippen LogP contribution in [0.15, 0.2) is 0 Å². The molecule has 1 N–H and O–H groups in total. The summed E-state index contributed by atoms with van der Waals surface area (Å²) in [4.78, 5) is 23.9. The molecule has 0 saturated carbocycles. The molecule has 0 rings (SSSR count). The van der Waals surface area contributed by atoms with Gasteiger partial charge in [-0.1, -0.05) is 0 Å². The summed E-state index contributed by atoms with van der Waals surface area (Å²) in [5.41, 5.74) is 0. The first kappa shape index (κ1) is 22.3. The minimum atomic E-state index is -4.78. The van der Waals surface area contributed by atoms with E-state index < -0.39 is 20.6 Å². The van der Waals surface area contributed by atoms with Gasteiger partial charge >= 0.3 is 51.4 Å². The smallest absolute Gasteiger partial charge is 0.774 e. The molecule has 0 aromatic rings. The van der Waals surface area contributed by atoms with Crippen molar-refractivity contribution in [2.45, 2.75) is 32.8 Å². The van der Waals surface area contributed by atoms with Crippen molar-refractivity contribution in [3.05, 3.63) is 0 Å². The van der Waals surface area contributed by atoms with Crippen LogP contribution in [0.2, 0.25) is 0 Å². The van der Waals surface area contributed by atoms with Gasteiger partial charge in [0.25, 0.3) is 13.0 Å². The Labute approximate surface area is 151 Å². The second kappa shape index (κ2) is 9.15. The molecular formula is C8H19KO7P2. The topological polar surface area (TPSA) is 111 Å². The second-order valence-electron chi connectivity index (χ2n) is 3.22. The predicted octanol–water partition coefficient (Wildman–Crippen LogP) is -2.56. The Kier molecular flexibility index (Phi) is 11.4. The van der Waals surface area contributed by atoms with Crippen molar-refractivity contribution < 1.29 is 84.4 Å². The SMILES string of the molecule is CCOP(=O)([O-])C(C)(O)[P+]([O-])(OCC)OCC.[K+]. The second-order valence-corrected chi connectivity index (χ2v) is 8.08. The van der Waals surface area contributed by atoms with Crippen LogP contribution in [0.1, 0.15) is 27.7 Å². The van der Waals surface area contributed by atoms with Crippen LogP contribution in [0, 0.1) is 0 Å². The molecule has 0 saturated heterocycles. The molecule has 0 fully saturated rings. The molecule has 7 nitrogen and oxygen atoms in total. The minimum Gasteiger partial charge on any atom is -0.774 e. The van der Waals surface area contributed by atoms with E-state index in [-0.39, 0.29) is 71.2 Å². The molecule has 10 heteroatoms. The van der Waals surface area contributed by atoms with E-state index in [0.29, 0.717) is 0 Å². The maximum Gasteiger partial charge on any atom is 1.00 e. The Balaban J connectivity index is 0. The molecule has 0 spiro atoms. The molecule has 0 aliphatic carbocycles. The molecule has 18 heavy (non-hydrogen) atoms. The fraction of sp³-hybridized carbons (Fsp3) is 1.00. The Morgan fingerprint density at radius 3 is 1.89 bits per heavy atom. The van der Waals surface area contributed by atoms with Crippen LogP contribution in [-0.4, -0.2) is 30.0 Å². The fourth-order valence-electron chi connectivity index (χ4n) is 1.06. The van der Waals surface area contributed by atoms with Crippen LogP contribution in [0.3, 0.4) is 0 Å². The monoisotopic (exact) mass is 328 g/mol. The summed E-state index contributed by atoms with van der Waals surface area (Å²) in [5.74, 6) is 0. The van der Waals surface area contributed by atoms with E-state index in [1.165, 1.54) is 20.8 Å². The molecular weight excluding hydrogens is 309 g/mol. The molecule has 2 unspecified atom stereocenters. The van der Waals surface area contributed by atoms with E-state index in [4.69, 9.17) is 9.05 Å². The van der Waals surface area contributed by atoms with Crippen LogP contribution in [0.25, 0.3) is 0 Å². The fourth-order valence-corrected chi connectivity index (χ4v) is 4.61. The van der Waals surface area contributed by atoms with Gasteiger partial charge in [0.2, 0.25) is 7.60 Å². The first-order valence-electron chi connectivity index (χ1n) is 5.25. The van der Waals surface area contributed by atoms with Crippen molar-refractivity contribution in [1.82, 2.24) is 0 Å². The van der Waals surface area contributed by atoms with Gasteiger partial charge < -0.3 is 24.0 Å². The largest absolute Gasteiger partial charge is 1.00 e. The minimum absolute atomic E-state index is 0. The Hall–Kier alpha value is 2.06. The van der Waals surface area contributed by atoms with Gasteiger partial charge in [0.1, 0.15) is 0 Å². The van der Waals surface area contributed by atoms with Crippen LogP contribution in [0.4, 0.5) is 0 Å². The van der Waals surface area contributed by atoms with E-state index in [1.807, 2.05) is 0 Å². The molecule has 0 aromatic carbocycles. The van der Waals surface area contributed by atoms with E-state index in [9.17, 15) is 19.5 Å². The standard InChI is InChI=1S/C8H20O7P2.K/c1-5-13-16(10,11)8(4,9)17(12,14-6-2)15-7-3;/h9H,5-7H2,1-4H3,(H,10,11);/q;+1/p-1. The molecule has 0 aromatic heterocycles. The first-order valence-corrected chi connectivity index (χ1v) is 8.34. The molecule has 104 valence electrons. The van der Waals surface area contributed by atoms with Crippen molar-refractivity contribution in [2.75, 3.05) is 19.8 Å². The maximum atomic E-state index is 12.2. The van der Waals surface area contributed by atoms with Crippen molar-refractivity contribution in [1.29, 1.82) is 0 Å². The third kappa shape index (κ3) is 5.11. The summed E-state index contributed by atoms with van der Waals surface area (Å²) in [6.45, 7) is 5.03. The van der Waals surface area contributed by atoms with E-state index in [1.54, 1.807) is 0 Å². The number of hydrogen-bond acceptors (Lipinski definition) is 7. The van der Waals surface area contributed by atoms with Crippen molar-refractivity contribution >= 4 is 15.5 Å². The Morgan fingerprint density at radius 2 is 1.61 bits per heavy atom.